The average molecular weight is 655 g/mol. The van der Waals surface area contributed by atoms with Crippen molar-refractivity contribution in [2.24, 2.45) is 5.92 Å². The minimum Gasteiger partial charge on any atom is -0.488 e. The number of benzene rings is 2. The Hall–Kier alpha value is -3.66. The Balaban J connectivity index is 1.58. The van der Waals surface area contributed by atoms with Crippen LogP contribution < -0.4 is 15.4 Å². The summed E-state index contributed by atoms with van der Waals surface area (Å²) in [5, 5.41) is 16.6. The SMILES string of the molecule is C[C@H]1CN([C@@H](C)CO)C(=O)Cc2cc(NC(=O)Nc3ccc(C(F)(F)F)cc3)ccc2O[C@H]1CN(C)S(=O)(=O)c1cccs1. The molecule has 3 N–H and O–H groups in total. The molecule has 0 unspecified atom stereocenters. The number of carbonyl (C=O) groups excluding carboxylic acids is 2. The number of nitrogens with one attached hydrogen (secondary N) is 2. The second-order valence-electron chi connectivity index (χ2n) is 10.6. The number of alkyl halides is 3. The fourth-order valence-electron chi connectivity index (χ4n) is 4.68. The van der Waals surface area contributed by atoms with Gasteiger partial charge in [0, 0.05) is 36.4 Å². The summed E-state index contributed by atoms with van der Waals surface area (Å²) in [5.41, 5.74) is -0.00469. The van der Waals surface area contributed by atoms with Gasteiger partial charge in [-0.05, 0) is 60.8 Å². The first-order valence-corrected chi connectivity index (χ1v) is 16.0. The summed E-state index contributed by atoms with van der Waals surface area (Å²) in [7, 11) is -2.33. The van der Waals surface area contributed by atoms with E-state index in [0.29, 0.717) is 11.3 Å². The zero-order valence-corrected chi connectivity index (χ0v) is 25.8. The molecule has 44 heavy (non-hydrogen) atoms. The highest BCUT2D eigenvalue weighted by molar-refractivity contribution is 7.91. The monoisotopic (exact) mass is 654 g/mol. The second-order valence-corrected chi connectivity index (χ2v) is 13.8. The summed E-state index contributed by atoms with van der Waals surface area (Å²) < 4.78 is 72.6. The van der Waals surface area contributed by atoms with Crippen LogP contribution in [0.2, 0.25) is 0 Å². The molecule has 2 aromatic carbocycles. The van der Waals surface area contributed by atoms with Crippen LogP contribution in [0.1, 0.15) is 25.0 Å². The number of carbonyl (C=O) groups is 2. The van der Waals surface area contributed by atoms with Gasteiger partial charge in [0.25, 0.3) is 10.0 Å². The molecule has 1 aliphatic rings. The molecule has 0 radical (unpaired) electrons. The molecule has 1 aliphatic heterocycles. The number of rotatable bonds is 8. The number of hydrogen-bond acceptors (Lipinski definition) is 7. The maximum Gasteiger partial charge on any atom is 0.416 e. The minimum absolute atomic E-state index is 0.0219. The number of thiophene rings is 1. The van der Waals surface area contributed by atoms with Crippen LogP contribution in [0.3, 0.4) is 0 Å². The van der Waals surface area contributed by atoms with Gasteiger partial charge < -0.3 is 25.4 Å². The van der Waals surface area contributed by atoms with Crippen LogP contribution in [0, 0.1) is 5.92 Å². The first-order chi connectivity index (χ1) is 20.7. The van der Waals surface area contributed by atoms with Crippen molar-refractivity contribution in [2.75, 3.05) is 37.4 Å². The van der Waals surface area contributed by atoms with Crippen molar-refractivity contribution in [3.63, 3.8) is 0 Å². The van der Waals surface area contributed by atoms with E-state index in [0.717, 1.165) is 35.6 Å². The van der Waals surface area contributed by atoms with Crippen LogP contribution >= 0.6 is 11.3 Å². The number of nitrogens with zero attached hydrogens (tertiary/aromatic N) is 2. The molecule has 3 aromatic rings. The first kappa shape index (κ1) is 33.2. The lowest BCUT2D eigenvalue weighted by atomic mass is 10.0. The number of anilines is 2. The standard InChI is InChI=1S/C29H33F3N4O6S2/c1-18-15-36(19(2)17-37)26(38)14-20-13-23(34-28(39)33-22-8-6-21(7-9-22)29(30,31)32)10-11-24(20)42-25(18)16-35(3)44(40,41)27-5-4-12-43-27/h4-13,18-19,25,37H,14-17H2,1-3H3,(H2,33,34,39)/t18-,19-,25-/m0/s1. The third-order valence-electron chi connectivity index (χ3n) is 7.24. The van der Waals surface area contributed by atoms with Crippen molar-refractivity contribution < 1.29 is 41.0 Å². The number of urea groups is 1. The Bertz CT molecular complexity index is 1570. The third-order valence-corrected chi connectivity index (χ3v) is 10.4. The van der Waals surface area contributed by atoms with Gasteiger partial charge in [0.1, 0.15) is 16.1 Å². The zero-order valence-electron chi connectivity index (χ0n) is 24.2. The quantitative estimate of drug-likeness (QED) is 0.318. The number of sulfonamides is 1. The van der Waals surface area contributed by atoms with E-state index in [1.165, 1.54) is 28.4 Å². The van der Waals surface area contributed by atoms with E-state index in [1.54, 1.807) is 30.5 Å². The van der Waals surface area contributed by atoms with E-state index < -0.39 is 39.9 Å². The molecule has 1 aromatic heterocycles. The van der Waals surface area contributed by atoms with Crippen LogP contribution in [-0.4, -0.2) is 73.6 Å². The summed E-state index contributed by atoms with van der Waals surface area (Å²) in [5.74, 6) is -0.314. The normalized spacial score (nSPS) is 18.5. The third kappa shape index (κ3) is 7.88. The fourth-order valence-corrected chi connectivity index (χ4v) is 7.06. The molecule has 238 valence electrons. The molecule has 3 atom stereocenters. The summed E-state index contributed by atoms with van der Waals surface area (Å²) in [6, 6.07) is 10.5. The molecule has 2 heterocycles. The zero-order chi connectivity index (χ0) is 32.2. The maximum atomic E-state index is 13.4. The van der Waals surface area contributed by atoms with E-state index in [2.05, 4.69) is 10.6 Å². The van der Waals surface area contributed by atoms with Gasteiger partial charge in [0.15, 0.2) is 0 Å². The lowest BCUT2D eigenvalue weighted by molar-refractivity contribution is -0.137. The summed E-state index contributed by atoms with van der Waals surface area (Å²) in [6.07, 6.45) is -5.32. The van der Waals surface area contributed by atoms with Gasteiger partial charge in [-0.3, -0.25) is 4.79 Å². The lowest BCUT2D eigenvalue weighted by Gasteiger charge is -2.33. The molecule has 10 nitrogen and oxygen atoms in total. The van der Waals surface area contributed by atoms with E-state index in [4.69, 9.17) is 4.74 Å². The Morgan fingerprint density at radius 3 is 2.43 bits per heavy atom. The van der Waals surface area contributed by atoms with E-state index in [1.807, 2.05) is 6.92 Å². The highest BCUT2D eigenvalue weighted by Crippen LogP contribution is 2.31. The minimum atomic E-state index is -4.50. The van der Waals surface area contributed by atoms with Crippen LogP contribution in [0.4, 0.5) is 29.3 Å². The second kappa shape index (κ2) is 13.5. The van der Waals surface area contributed by atoms with Gasteiger partial charge in [-0.15, -0.1) is 11.3 Å². The number of ether oxygens (including phenoxy) is 1. The highest BCUT2D eigenvalue weighted by Gasteiger charge is 2.34. The van der Waals surface area contributed by atoms with Crippen molar-refractivity contribution in [1.29, 1.82) is 0 Å². The van der Waals surface area contributed by atoms with Crippen molar-refractivity contribution in [3.05, 3.63) is 71.1 Å². The molecule has 0 fully saturated rings. The molecular weight excluding hydrogens is 621 g/mol. The summed E-state index contributed by atoms with van der Waals surface area (Å²) in [6.45, 7) is 3.44. The average Bonchev–Trinajstić information content (AvgIpc) is 3.52. The van der Waals surface area contributed by atoms with Gasteiger partial charge in [-0.25, -0.2) is 13.2 Å². The van der Waals surface area contributed by atoms with E-state index >= 15 is 0 Å². The molecule has 0 aliphatic carbocycles. The van der Waals surface area contributed by atoms with Crippen LogP contribution in [0.5, 0.6) is 5.75 Å². The molecule has 0 spiro atoms. The van der Waals surface area contributed by atoms with Gasteiger partial charge in [0.05, 0.1) is 31.2 Å². The van der Waals surface area contributed by atoms with E-state index in [9.17, 15) is 36.3 Å². The van der Waals surface area contributed by atoms with Crippen LogP contribution in [0.15, 0.2) is 64.2 Å². The first-order valence-electron chi connectivity index (χ1n) is 13.6. The van der Waals surface area contributed by atoms with Crippen molar-refractivity contribution in [1.82, 2.24) is 9.21 Å². The molecule has 0 saturated heterocycles. The number of halogens is 3. The van der Waals surface area contributed by atoms with Gasteiger partial charge in [-0.2, -0.15) is 17.5 Å². The molecule has 0 saturated carbocycles. The van der Waals surface area contributed by atoms with Gasteiger partial charge in [-0.1, -0.05) is 13.0 Å². The number of hydrogen-bond donors (Lipinski definition) is 3. The molecule has 0 bridgehead atoms. The smallest absolute Gasteiger partial charge is 0.416 e. The maximum absolute atomic E-state index is 13.4. The highest BCUT2D eigenvalue weighted by atomic mass is 32.2. The van der Waals surface area contributed by atoms with Crippen molar-refractivity contribution in [3.8, 4) is 5.75 Å². The number of amides is 3. The largest absolute Gasteiger partial charge is 0.488 e. The van der Waals surface area contributed by atoms with E-state index in [-0.39, 0.29) is 53.5 Å². The Morgan fingerprint density at radius 1 is 1.16 bits per heavy atom. The predicted octanol–water partition coefficient (Wildman–Crippen LogP) is 4.88. The predicted molar refractivity (Wildman–Crippen MR) is 160 cm³/mol. The number of likely N-dealkylation sites (N-methyl/N-ethyl adjacent to an activating group) is 1. The lowest BCUT2D eigenvalue weighted by Crippen LogP contribution is -2.48. The number of aliphatic hydroxyl groups excluding tert-OH is 1. The van der Waals surface area contributed by atoms with Crippen LogP contribution in [0.25, 0.3) is 0 Å². The Labute approximate surface area is 257 Å². The Kier molecular flexibility index (Phi) is 10.2. The Morgan fingerprint density at radius 2 is 1.82 bits per heavy atom. The molecule has 4 rings (SSSR count). The van der Waals surface area contributed by atoms with Crippen LogP contribution in [-0.2, 0) is 27.4 Å². The topological polar surface area (TPSA) is 128 Å². The summed E-state index contributed by atoms with van der Waals surface area (Å²) in [4.78, 5) is 27.6. The number of fused-ring (bicyclic) bond motifs is 1. The fraction of sp³-hybridized carbons (Fsp3) is 0.379. The number of aliphatic hydroxyl groups is 1. The molecule has 3 amide bonds. The molecular formula is C29H33F3N4O6S2. The molecule has 15 heteroatoms. The van der Waals surface area contributed by atoms with Crippen molar-refractivity contribution >= 4 is 44.7 Å². The van der Waals surface area contributed by atoms with Crippen molar-refractivity contribution in [2.45, 2.75) is 42.8 Å². The van der Waals surface area contributed by atoms with Gasteiger partial charge >= 0.3 is 12.2 Å². The van der Waals surface area contributed by atoms with Gasteiger partial charge in [0.2, 0.25) is 5.91 Å². The summed E-state index contributed by atoms with van der Waals surface area (Å²) >= 11 is 1.10.